The minimum atomic E-state index is -3.59. The van der Waals surface area contributed by atoms with Crippen molar-refractivity contribution < 1.29 is 22.7 Å². The number of anilines is 1. The van der Waals surface area contributed by atoms with Crippen LogP contribution in [-0.2, 0) is 24.3 Å². The van der Waals surface area contributed by atoms with E-state index in [1.54, 1.807) is 29.2 Å². The molecular formula is C26H30ClN3O5S. The average Bonchev–Trinajstić information content (AvgIpc) is 3.75. The monoisotopic (exact) mass is 531 g/mol. The van der Waals surface area contributed by atoms with Crippen molar-refractivity contribution in [1.82, 2.24) is 4.90 Å². The van der Waals surface area contributed by atoms with E-state index in [1.165, 1.54) is 4.31 Å². The molecule has 3 atom stereocenters. The Hall–Kier alpha value is -2.62. The second-order valence-electron chi connectivity index (χ2n) is 9.82. The van der Waals surface area contributed by atoms with Crippen LogP contribution in [0.3, 0.4) is 0 Å². The summed E-state index contributed by atoms with van der Waals surface area (Å²) in [6.45, 7) is 0.321. The molecule has 0 radical (unpaired) electrons. The van der Waals surface area contributed by atoms with Crippen LogP contribution in [0.25, 0.3) is 0 Å². The molecule has 3 aliphatic rings. The largest absolute Gasteiger partial charge is 0.370 e. The molecule has 0 aromatic heterocycles. The van der Waals surface area contributed by atoms with Gasteiger partial charge in [0.2, 0.25) is 15.9 Å². The Morgan fingerprint density at radius 2 is 1.75 bits per heavy atom. The number of ether oxygens (including phenoxy) is 1. The van der Waals surface area contributed by atoms with Crippen LogP contribution in [0, 0.1) is 5.92 Å². The van der Waals surface area contributed by atoms with Crippen LogP contribution in [0.1, 0.15) is 43.7 Å². The number of morpholine rings is 1. The topological polar surface area (TPSA) is 110 Å². The lowest BCUT2D eigenvalue weighted by Gasteiger charge is -2.45. The Labute approximate surface area is 216 Å². The highest BCUT2D eigenvalue weighted by Crippen LogP contribution is 2.43. The highest BCUT2D eigenvalue weighted by molar-refractivity contribution is 7.93. The number of hydrogen-bond donors (Lipinski definition) is 1. The quantitative estimate of drug-likeness (QED) is 0.506. The van der Waals surface area contributed by atoms with Crippen LogP contribution < -0.4 is 10.0 Å². The van der Waals surface area contributed by atoms with Gasteiger partial charge in [0.15, 0.2) is 0 Å². The van der Waals surface area contributed by atoms with E-state index in [0.29, 0.717) is 23.6 Å². The lowest BCUT2D eigenvalue weighted by atomic mass is 9.97. The predicted octanol–water partition coefficient (Wildman–Crippen LogP) is 3.26. The Morgan fingerprint density at radius 3 is 2.33 bits per heavy atom. The molecular weight excluding hydrogens is 502 g/mol. The van der Waals surface area contributed by atoms with Crippen LogP contribution in [0.15, 0.2) is 54.6 Å². The Kier molecular flexibility index (Phi) is 6.98. The fourth-order valence-electron chi connectivity index (χ4n) is 4.96. The highest BCUT2D eigenvalue weighted by Gasteiger charge is 2.49. The minimum Gasteiger partial charge on any atom is -0.370 e. The molecule has 2 saturated carbocycles. The third kappa shape index (κ3) is 5.23. The van der Waals surface area contributed by atoms with Gasteiger partial charge in [-0.1, -0.05) is 41.9 Å². The molecule has 2 N–H and O–H groups in total. The van der Waals surface area contributed by atoms with Gasteiger partial charge in [0.05, 0.1) is 42.6 Å². The fourth-order valence-corrected chi connectivity index (χ4v) is 6.95. The minimum absolute atomic E-state index is 0.145. The van der Waals surface area contributed by atoms with Crippen molar-refractivity contribution in [3.8, 4) is 0 Å². The molecule has 2 aromatic rings. The molecule has 0 bridgehead atoms. The molecule has 1 heterocycles. The van der Waals surface area contributed by atoms with Gasteiger partial charge in [0.1, 0.15) is 6.10 Å². The number of hydrogen-bond acceptors (Lipinski definition) is 5. The van der Waals surface area contributed by atoms with E-state index in [9.17, 15) is 18.0 Å². The smallest absolute Gasteiger partial charge is 0.253 e. The first-order valence-corrected chi connectivity index (χ1v) is 14.2. The maximum Gasteiger partial charge on any atom is 0.253 e. The summed E-state index contributed by atoms with van der Waals surface area (Å²) in [4.78, 5) is 27.2. The first kappa shape index (κ1) is 25.0. The Morgan fingerprint density at radius 1 is 1.08 bits per heavy atom. The van der Waals surface area contributed by atoms with E-state index >= 15 is 0 Å². The van der Waals surface area contributed by atoms with Crippen molar-refractivity contribution in [2.75, 3.05) is 17.5 Å². The second kappa shape index (κ2) is 10.0. The van der Waals surface area contributed by atoms with E-state index in [4.69, 9.17) is 22.1 Å². The number of halogens is 1. The Bertz CT molecular complexity index is 1220. The Balaban J connectivity index is 1.53. The summed E-state index contributed by atoms with van der Waals surface area (Å²) >= 11 is 6.10. The maximum atomic E-state index is 13.8. The first-order chi connectivity index (χ1) is 17.3. The number of carbonyl (C=O) groups is 2. The molecule has 1 saturated heterocycles. The lowest BCUT2D eigenvalue weighted by Crippen LogP contribution is -2.58. The molecule has 3 fully saturated rings. The van der Waals surface area contributed by atoms with Crippen molar-refractivity contribution in [2.45, 2.75) is 55.5 Å². The summed E-state index contributed by atoms with van der Waals surface area (Å²) < 4.78 is 34.4. The predicted molar refractivity (Wildman–Crippen MR) is 137 cm³/mol. The summed E-state index contributed by atoms with van der Waals surface area (Å²) in [5.41, 5.74) is 6.83. The third-order valence-corrected chi connectivity index (χ3v) is 9.68. The number of para-hydroxylation sites is 1. The highest BCUT2D eigenvalue weighted by atomic mass is 35.5. The van der Waals surface area contributed by atoms with Crippen LogP contribution in [0.5, 0.6) is 0 Å². The average molecular weight is 532 g/mol. The number of primary amides is 1. The van der Waals surface area contributed by atoms with Gasteiger partial charge < -0.3 is 15.4 Å². The summed E-state index contributed by atoms with van der Waals surface area (Å²) in [6.07, 6.45) is 1.87. The zero-order chi connectivity index (χ0) is 25.4. The number of amides is 2. The van der Waals surface area contributed by atoms with Crippen molar-refractivity contribution in [3.63, 3.8) is 0 Å². The zero-order valence-corrected chi connectivity index (χ0v) is 21.4. The summed E-state index contributed by atoms with van der Waals surface area (Å²) in [6, 6.07) is 15.5. The molecule has 0 spiro atoms. The first-order valence-electron chi connectivity index (χ1n) is 12.3. The van der Waals surface area contributed by atoms with Gasteiger partial charge in [-0.25, -0.2) is 8.42 Å². The number of nitrogens with two attached hydrogens (primary N) is 1. The molecule has 1 aliphatic heterocycles. The summed E-state index contributed by atoms with van der Waals surface area (Å²) in [5, 5.41) is 0.178. The fraction of sp³-hybridized carbons (Fsp3) is 0.462. The maximum absolute atomic E-state index is 13.8. The van der Waals surface area contributed by atoms with Gasteiger partial charge >= 0.3 is 0 Å². The molecule has 192 valence electrons. The van der Waals surface area contributed by atoms with Crippen molar-refractivity contribution in [3.05, 3.63) is 65.2 Å². The van der Waals surface area contributed by atoms with E-state index in [1.807, 2.05) is 30.3 Å². The molecule has 3 unspecified atom stereocenters. The standard InChI is InChI=1S/C26H30ClN3O5S/c27-19-10-8-18(9-11-19)23-16-35-24(14-25(28)31)26(32)30(23)22(17-6-7-17)15-29(20-4-2-1-3-5-20)36(33,34)21-12-13-21/h1-5,8-11,17,21-24H,6-7,12-16H2,(H2,28,31). The van der Waals surface area contributed by atoms with Crippen molar-refractivity contribution in [2.24, 2.45) is 11.7 Å². The van der Waals surface area contributed by atoms with Gasteiger partial charge in [0, 0.05) is 5.02 Å². The van der Waals surface area contributed by atoms with Gasteiger partial charge in [-0.15, -0.1) is 0 Å². The van der Waals surface area contributed by atoms with E-state index in [0.717, 1.165) is 18.4 Å². The van der Waals surface area contributed by atoms with Gasteiger partial charge in [-0.3, -0.25) is 13.9 Å². The summed E-state index contributed by atoms with van der Waals surface area (Å²) in [5.74, 6) is -0.811. The molecule has 2 aliphatic carbocycles. The van der Waals surface area contributed by atoms with E-state index < -0.39 is 33.3 Å². The number of sulfonamides is 1. The van der Waals surface area contributed by atoms with Crippen molar-refractivity contribution >= 4 is 39.1 Å². The van der Waals surface area contributed by atoms with Crippen molar-refractivity contribution in [1.29, 1.82) is 0 Å². The molecule has 2 aromatic carbocycles. The number of nitrogens with zero attached hydrogens (tertiary/aromatic N) is 2. The van der Waals surface area contributed by atoms with Crippen LogP contribution in [0.2, 0.25) is 5.02 Å². The molecule has 2 amide bonds. The van der Waals surface area contributed by atoms with Gasteiger partial charge in [-0.05, 0) is 61.4 Å². The van der Waals surface area contributed by atoms with E-state index in [2.05, 4.69) is 0 Å². The number of carbonyl (C=O) groups excluding carboxylic acids is 2. The molecule has 5 rings (SSSR count). The third-order valence-electron chi connectivity index (χ3n) is 7.14. The molecule has 8 nitrogen and oxygen atoms in total. The number of benzene rings is 2. The zero-order valence-electron chi connectivity index (χ0n) is 19.8. The van der Waals surface area contributed by atoms with Gasteiger partial charge in [-0.2, -0.15) is 0 Å². The molecule has 36 heavy (non-hydrogen) atoms. The van der Waals surface area contributed by atoms with E-state index in [-0.39, 0.29) is 37.4 Å². The van der Waals surface area contributed by atoms with Crippen LogP contribution in [-0.4, -0.2) is 55.7 Å². The van der Waals surface area contributed by atoms with Crippen LogP contribution in [0.4, 0.5) is 5.69 Å². The normalized spacial score (nSPS) is 23.4. The summed E-state index contributed by atoms with van der Waals surface area (Å²) in [7, 11) is -3.59. The SMILES string of the molecule is NC(=O)CC1OCC(c2ccc(Cl)cc2)N(C(CN(c2ccccc2)S(=O)(=O)C2CC2)C2CC2)C1=O. The lowest BCUT2D eigenvalue weighted by molar-refractivity contribution is -0.166. The number of rotatable bonds is 10. The second-order valence-corrected chi connectivity index (χ2v) is 12.4. The van der Waals surface area contributed by atoms with Gasteiger partial charge in [0.25, 0.3) is 5.91 Å². The molecule has 10 heteroatoms. The van der Waals surface area contributed by atoms with Crippen LogP contribution >= 0.6 is 11.6 Å².